The molecule has 0 aliphatic rings. The second-order valence-corrected chi connectivity index (χ2v) is 8.45. The molecule has 0 bridgehead atoms. The molecule has 0 aliphatic carbocycles. The Bertz CT molecular complexity index is 1430. The van der Waals surface area contributed by atoms with Gasteiger partial charge in [0.1, 0.15) is 0 Å². The number of azo groups is 1. The number of benzene rings is 2. The van der Waals surface area contributed by atoms with Gasteiger partial charge in [-0.25, -0.2) is 4.79 Å². The summed E-state index contributed by atoms with van der Waals surface area (Å²) < 4.78 is 3.81. The Balaban J connectivity index is 1.73. The number of halogens is 1. The molecule has 0 atom stereocenters. The average Bonchev–Trinajstić information content (AvgIpc) is 3.13. The summed E-state index contributed by atoms with van der Waals surface area (Å²) in [6, 6.07) is 17.9. The zero-order chi connectivity index (χ0) is 22.7. The third-order valence-corrected chi connectivity index (χ3v) is 5.49. The molecule has 0 spiro atoms. The maximum atomic E-state index is 12.6. The number of imidazole rings is 1. The highest BCUT2D eigenvalue weighted by atomic mass is 79.9. The van der Waals surface area contributed by atoms with E-state index >= 15 is 0 Å². The number of nitrogens with one attached hydrogen (secondary N) is 1. The number of fused-ring (bicyclic) bond motifs is 1. The first-order valence-corrected chi connectivity index (χ1v) is 10.8. The van der Waals surface area contributed by atoms with Gasteiger partial charge < -0.3 is 0 Å². The Labute approximate surface area is 192 Å². The minimum atomic E-state index is -0.531. The summed E-state index contributed by atoms with van der Waals surface area (Å²) in [5, 5.41) is 8.42. The van der Waals surface area contributed by atoms with Gasteiger partial charge in [-0.15, -0.1) is 5.11 Å². The van der Waals surface area contributed by atoms with E-state index in [0.29, 0.717) is 13.0 Å². The summed E-state index contributed by atoms with van der Waals surface area (Å²) in [7, 11) is 1.56. The van der Waals surface area contributed by atoms with E-state index in [1.165, 1.54) is 4.57 Å². The third-order valence-electron chi connectivity index (χ3n) is 5.01. The van der Waals surface area contributed by atoms with Crippen molar-refractivity contribution in [2.75, 3.05) is 0 Å². The van der Waals surface area contributed by atoms with Crippen molar-refractivity contribution in [3.05, 3.63) is 103 Å². The van der Waals surface area contributed by atoms with Crippen molar-refractivity contribution in [1.29, 1.82) is 0 Å². The Kier molecular flexibility index (Phi) is 6.27. The van der Waals surface area contributed by atoms with E-state index in [0.717, 1.165) is 21.2 Å². The molecule has 32 heavy (non-hydrogen) atoms. The topological polar surface area (TPSA) is 97.4 Å². The Hall–Kier alpha value is -3.59. The minimum Gasteiger partial charge on any atom is -0.297 e. The number of H-pyrrole nitrogens is 1. The summed E-state index contributed by atoms with van der Waals surface area (Å²) in [4.78, 5) is 31.4. The van der Waals surface area contributed by atoms with Gasteiger partial charge in [-0.05, 0) is 18.1 Å². The largest absolute Gasteiger partial charge is 0.329 e. The molecule has 0 aliphatic heterocycles. The number of aryl methyl sites for hydroxylation is 2. The molecular formula is C23H21BrN6O2. The smallest absolute Gasteiger partial charge is 0.297 e. The quantitative estimate of drug-likeness (QED) is 0.405. The first-order valence-electron chi connectivity index (χ1n) is 9.97. The maximum Gasteiger partial charge on any atom is 0.329 e. The molecule has 2 heterocycles. The van der Waals surface area contributed by atoms with Crippen LogP contribution in [-0.2, 0) is 20.0 Å². The van der Waals surface area contributed by atoms with E-state index in [-0.39, 0.29) is 17.1 Å². The van der Waals surface area contributed by atoms with Gasteiger partial charge in [-0.1, -0.05) is 76.1 Å². The lowest BCUT2D eigenvalue weighted by atomic mass is 10.1. The first-order chi connectivity index (χ1) is 15.4. The van der Waals surface area contributed by atoms with Gasteiger partial charge in [0.25, 0.3) is 11.5 Å². The number of hydrogen-bond donors (Lipinski definition) is 1. The van der Waals surface area contributed by atoms with Crippen LogP contribution < -0.4 is 11.2 Å². The first kappa shape index (κ1) is 21.6. The molecule has 0 saturated heterocycles. The molecular weight excluding hydrogens is 472 g/mol. The van der Waals surface area contributed by atoms with E-state index in [1.54, 1.807) is 17.8 Å². The van der Waals surface area contributed by atoms with Crippen LogP contribution in [0.2, 0.25) is 0 Å². The summed E-state index contributed by atoms with van der Waals surface area (Å²) >= 11 is 3.51. The summed E-state index contributed by atoms with van der Waals surface area (Å²) in [6.45, 7) is 2.37. The number of aromatic amines is 1. The van der Waals surface area contributed by atoms with Crippen LogP contribution in [0.4, 0.5) is 5.95 Å². The predicted molar refractivity (Wildman–Crippen MR) is 128 cm³/mol. The van der Waals surface area contributed by atoms with Crippen molar-refractivity contribution in [3.63, 3.8) is 0 Å². The molecule has 8 nitrogen and oxygen atoms in total. The lowest BCUT2D eigenvalue weighted by Crippen LogP contribution is -2.29. The molecule has 9 heteroatoms. The van der Waals surface area contributed by atoms with E-state index < -0.39 is 11.2 Å². The summed E-state index contributed by atoms with van der Waals surface area (Å²) in [5.41, 5.74) is 2.74. The van der Waals surface area contributed by atoms with Crippen molar-refractivity contribution in [2.45, 2.75) is 19.9 Å². The van der Waals surface area contributed by atoms with Crippen molar-refractivity contribution in [2.24, 2.45) is 17.3 Å². The number of aromatic nitrogens is 4. The number of allylic oxidation sites excluding steroid dienone is 1. The van der Waals surface area contributed by atoms with Crippen LogP contribution in [-0.4, -0.2) is 19.1 Å². The van der Waals surface area contributed by atoms with Crippen LogP contribution in [0, 0.1) is 6.92 Å². The SMILES string of the molecule is Cc1ccc(Cn2c(N=NC=C(Br)Cc3ccccc3)nc3c2c(=O)[nH]c(=O)n3C)cc1. The molecule has 0 unspecified atom stereocenters. The highest BCUT2D eigenvalue weighted by Gasteiger charge is 2.17. The standard InChI is InChI=1S/C23H21BrN6O2/c1-15-8-10-17(11-9-15)14-30-19-20(29(2)23(32)27-21(19)31)26-22(30)28-25-13-18(24)12-16-6-4-3-5-7-16/h3-11,13H,12,14H2,1-2H3,(H,27,31,32). The fourth-order valence-electron chi connectivity index (χ4n) is 3.30. The number of nitrogens with zero attached hydrogens (tertiary/aromatic N) is 5. The monoisotopic (exact) mass is 492 g/mol. The van der Waals surface area contributed by atoms with Gasteiger partial charge in [0.15, 0.2) is 11.2 Å². The fraction of sp³-hybridized carbons (Fsp3) is 0.174. The van der Waals surface area contributed by atoms with Gasteiger partial charge >= 0.3 is 5.69 Å². The second kappa shape index (κ2) is 9.27. The van der Waals surface area contributed by atoms with Gasteiger partial charge in [0.05, 0.1) is 12.7 Å². The molecule has 4 aromatic rings. The van der Waals surface area contributed by atoms with Gasteiger partial charge in [-0.2, -0.15) is 10.1 Å². The van der Waals surface area contributed by atoms with Crippen molar-refractivity contribution >= 4 is 33.0 Å². The molecule has 1 N–H and O–H groups in total. The van der Waals surface area contributed by atoms with Gasteiger partial charge in [-0.3, -0.25) is 18.9 Å². The lowest BCUT2D eigenvalue weighted by Gasteiger charge is -2.06. The zero-order valence-corrected chi connectivity index (χ0v) is 19.2. The van der Waals surface area contributed by atoms with Crippen molar-refractivity contribution in [3.8, 4) is 0 Å². The van der Waals surface area contributed by atoms with E-state index in [2.05, 4.69) is 36.1 Å². The van der Waals surface area contributed by atoms with Gasteiger partial charge in [0.2, 0.25) is 0 Å². The predicted octanol–water partition coefficient (Wildman–Crippen LogP) is 4.34. The highest BCUT2D eigenvalue weighted by Crippen LogP contribution is 2.21. The Morgan fingerprint density at radius 1 is 1.09 bits per heavy atom. The van der Waals surface area contributed by atoms with E-state index in [4.69, 9.17) is 0 Å². The van der Waals surface area contributed by atoms with Crippen LogP contribution >= 0.6 is 15.9 Å². The van der Waals surface area contributed by atoms with Gasteiger partial charge in [0, 0.05) is 18.0 Å². The zero-order valence-electron chi connectivity index (χ0n) is 17.6. The molecule has 0 amide bonds. The highest BCUT2D eigenvalue weighted by molar-refractivity contribution is 9.11. The van der Waals surface area contributed by atoms with E-state index in [9.17, 15) is 9.59 Å². The van der Waals surface area contributed by atoms with Crippen LogP contribution in [0.3, 0.4) is 0 Å². The fourth-order valence-corrected chi connectivity index (χ4v) is 3.72. The van der Waals surface area contributed by atoms with Crippen molar-refractivity contribution in [1.82, 2.24) is 19.1 Å². The summed E-state index contributed by atoms with van der Waals surface area (Å²) in [6.07, 6.45) is 2.28. The Morgan fingerprint density at radius 3 is 2.53 bits per heavy atom. The normalized spacial score (nSPS) is 12.2. The second-order valence-electron chi connectivity index (χ2n) is 7.43. The lowest BCUT2D eigenvalue weighted by molar-refractivity contribution is 0.802. The molecule has 162 valence electrons. The van der Waals surface area contributed by atoms with Crippen LogP contribution in [0.5, 0.6) is 0 Å². The average molecular weight is 493 g/mol. The third kappa shape index (κ3) is 4.67. The van der Waals surface area contributed by atoms with Crippen LogP contribution in [0.1, 0.15) is 16.7 Å². The Morgan fingerprint density at radius 2 is 1.81 bits per heavy atom. The number of rotatable bonds is 6. The molecule has 2 aromatic heterocycles. The minimum absolute atomic E-state index is 0.239. The maximum absolute atomic E-state index is 12.6. The number of hydrogen-bond acceptors (Lipinski definition) is 5. The molecule has 0 radical (unpaired) electrons. The molecule has 4 rings (SSSR count). The van der Waals surface area contributed by atoms with Crippen LogP contribution in [0.15, 0.2) is 85.1 Å². The molecule has 2 aromatic carbocycles. The molecule has 0 fully saturated rings. The van der Waals surface area contributed by atoms with Crippen LogP contribution in [0.25, 0.3) is 11.2 Å². The van der Waals surface area contributed by atoms with Crippen molar-refractivity contribution < 1.29 is 0 Å². The molecule has 0 saturated carbocycles. The van der Waals surface area contributed by atoms with E-state index in [1.807, 2.05) is 61.5 Å². The summed E-state index contributed by atoms with van der Waals surface area (Å²) in [5.74, 6) is 0.239.